The summed E-state index contributed by atoms with van der Waals surface area (Å²) in [4.78, 5) is 10.8. The zero-order valence-electron chi connectivity index (χ0n) is 6.27. The fourth-order valence-corrected chi connectivity index (χ4v) is 1.55. The van der Waals surface area contributed by atoms with E-state index in [4.69, 9.17) is 11.6 Å². The quantitative estimate of drug-likeness (QED) is 0.689. The standard InChI is InChI=1S/C8H4ClF2NO/c9-4-2-1-3-5-6(4)8(10,11)7(13)12-5/h1-3H,(H,12,13). The number of rotatable bonds is 0. The molecule has 2 rings (SSSR count). The Balaban J connectivity index is 2.70. The molecule has 0 radical (unpaired) electrons. The smallest absolute Gasteiger partial charge is 0.320 e. The van der Waals surface area contributed by atoms with Gasteiger partial charge in [0.2, 0.25) is 0 Å². The minimum Gasteiger partial charge on any atom is -0.320 e. The lowest BCUT2D eigenvalue weighted by atomic mass is 10.1. The van der Waals surface area contributed by atoms with E-state index in [1.165, 1.54) is 18.2 Å². The SMILES string of the molecule is O=C1Nc2cccc(Cl)c2C1(F)F. The number of carbonyl (C=O) groups is 1. The van der Waals surface area contributed by atoms with Crippen LogP contribution in [0.2, 0.25) is 5.02 Å². The van der Waals surface area contributed by atoms with Crippen LogP contribution in [-0.4, -0.2) is 5.91 Å². The first-order valence-electron chi connectivity index (χ1n) is 3.52. The van der Waals surface area contributed by atoms with E-state index < -0.39 is 17.4 Å². The lowest BCUT2D eigenvalue weighted by Gasteiger charge is -2.07. The van der Waals surface area contributed by atoms with Crippen LogP contribution in [0, 0.1) is 0 Å². The molecule has 1 aromatic rings. The second-order valence-corrected chi connectivity index (χ2v) is 3.10. The molecule has 0 saturated carbocycles. The van der Waals surface area contributed by atoms with Crippen LogP contribution in [0.4, 0.5) is 14.5 Å². The third kappa shape index (κ3) is 1.02. The van der Waals surface area contributed by atoms with E-state index in [1.807, 2.05) is 0 Å². The summed E-state index contributed by atoms with van der Waals surface area (Å²) in [7, 11) is 0. The Labute approximate surface area is 77.5 Å². The second kappa shape index (κ2) is 2.42. The zero-order chi connectivity index (χ0) is 9.64. The van der Waals surface area contributed by atoms with Crippen molar-refractivity contribution in [2.75, 3.05) is 5.32 Å². The predicted octanol–water partition coefficient (Wildman–Crippen LogP) is 2.38. The molecule has 1 aromatic carbocycles. The van der Waals surface area contributed by atoms with Crippen LogP contribution in [0.25, 0.3) is 0 Å². The lowest BCUT2D eigenvalue weighted by molar-refractivity contribution is -0.139. The van der Waals surface area contributed by atoms with Crippen molar-refractivity contribution in [1.29, 1.82) is 0 Å². The summed E-state index contributed by atoms with van der Waals surface area (Å²) in [5, 5.41) is 1.96. The van der Waals surface area contributed by atoms with E-state index in [-0.39, 0.29) is 10.7 Å². The average molecular weight is 204 g/mol. The first-order chi connectivity index (χ1) is 6.03. The summed E-state index contributed by atoms with van der Waals surface area (Å²) in [6.07, 6.45) is 0. The molecule has 2 nitrogen and oxygen atoms in total. The van der Waals surface area contributed by atoms with Crippen molar-refractivity contribution in [1.82, 2.24) is 0 Å². The average Bonchev–Trinajstić information content (AvgIpc) is 2.24. The van der Waals surface area contributed by atoms with Crippen LogP contribution >= 0.6 is 11.6 Å². The summed E-state index contributed by atoms with van der Waals surface area (Å²) >= 11 is 5.55. The van der Waals surface area contributed by atoms with Gasteiger partial charge in [0.15, 0.2) is 0 Å². The highest BCUT2D eigenvalue weighted by molar-refractivity contribution is 6.32. The Bertz CT molecular complexity index is 392. The molecule has 0 fully saturated rings. The van der Waals surface area contributed by atoms with Gasteiger partial charge >= 0.3 is 5.92 Å². The number of hydrogen-bond donors (Lipinski definition) is 1. The van der Waals surface area contributed by atoms with Gasteiger partial charge in [-0.15, -0.1) is 0 Å². The Morgan fingerprint density at radius 2 is 2.08 bits per heavy atom. The number of carbonyl (C=O) groups excluding carboxylic acids is 1. The summed E-state index contributed by atoms with van der Waals surface area (Å²) in [6, 6.07) is 4.22. The fourth-order valence-electron chi connectivity index (χ4n) is 1.26. The van der Waals surface area contributed by atoms with Crippen molar-refractivity contribution in [3.05, 3.63) is 28.8 Å². The van der Waals surface area contributed by atoms with Crippen LogP contribution in [0.5, 0.6) is 0 Å². The van der Waals surface area contributed by atoms with Gasteiger partial charge < -0.3 is 5.32 Å². The van der Waals surface area contributed by atoms with Crippen molar-refractivity contribution in [2.45, 2.75) is 5.92 Å². The Morgan fingerprint density at radius 1 is 1.38 bits per heavy atom. The Morgan fingerprint density at radius 3 is 2.69 bits per heavy atom. The van der Waals surface area contributed by atoms with E-state index in [2.05, 4.69) is 5.32 Å². The first kappa shape index (κ1) is 8.44. The summed E-state index contributed by atoms with van der Waals surface area (Å²) in [6.45, 7) is 0. The van der Waals surface area contributed by atoms with E-state index in [1.54, 1.807) is 0 Å². The topological polar surface area (TPSA) is 29.1 Å². The highest BCUT2D eigenvalue weighted by Crippen LogP contribution is 2.43. The van der Waals surface area contributed by atoms with Gasteiger partial charge in [0.25, 0.3) is 5.91 Å². The van der Waals surface area contributed by atoms with Gasteiger partial charge in [-0.05, 0) is 12.1 Å². The van der Waals surface area contributed by atoms with Gasteiger partial charge in [-0.3, -0.25) is 4.79 Å². The molecule has 0 aliphatic carbocycles. The summed E-state index contributed by atoms with van der Waals surface area (Å²) in [5.74, 6) is -4.83. The molecule has 0 aromatic heterocycles. The van der Waals surface area contributed by atoms with Gasteiger partial charge in [-0.2, -0.15) is 8.78 Å². The highest BCUT2D eigenvalue weighted by atomic mass is 35.5. The molecule has 1 heterocycles. The molecule has 1 amide bonds. The van der Waals surface area contributed by atoms with Crippen LogP contribution in [-0.2, 0) is 10.7 Å². The molecule has 1 aliphatic rings. The third-order valence-corrected chi connectivity index (χ3v) is 2.18. The number of anilines is 1. The number of fused-ring (bicyclic) bond motifs is 1. The maximum atomic E-state index is 13.1. The van der Waals surface area contributed by atoms with Crippen LogP contribution in [0.15, 0.2) is 18.2 Å². The third-order valence-electron chi connectivity index (χ3n) is 1.86. The minimum absolute atomic E-state index is 0.0856. The molecule has 68 valence electrons. The highest BCUT2D eigenvalue weighted by Gasteiger charge is 2.49. The Kier molecular flexibility index (Phi) is 1.57. The monoisotopic (exact) mass is 203 g/mol. The van der Waals surface area contributed by atoms with E-state index in [0.717, 1.165) is 0 Å². The van der Waals surface area contributed by atoms with E-state index >= 15 is 0 Å². The number of hydrogen-bond acceptors (Lipinski definition) is 1. The molecule has 0 atom stereocenters. The number of halogens is 3. The van der Waals surface area contributed by atoms with E-state index in [0.29, 0.717) is 0 Å². The summed E-state index contributed by atoms with van der Waals surface area (Å²) in [5.41, 5.74) is -0.343. The molecule has 1 aliphatic heterocycles. The van der Waals surface area contributed by atoms with Gasteiger partial charge in [0.1, 0.15) is 0 Å². The molecule has 5 heteroatoms. The van der Waals surface area contributed by atoms with Crippen molar-refractivity contribution in [3.63, 3.8) is 0 Å². The molecular formula is C8H4ClF2NO. The van der Waals surface area contributed by atoms with Gasteiger partial charge in [-0.25, -0.2) is 0 Å². The first-order valence-corrected chi connectivity index (χ1v) is 3.89. The zero-order valence-corrected chi connectivity index (χ0v) is 7.03. The normalized spacial score (nSPS) is 18.2. The molecule has 0 bridgehead atoms. The van der Waals surface area contributed by atoms with Crippen LogP contribution < -0.4 is 5.32 Å². The lowest BCUT2D eigenvalue weighted by Crippen LogP contribution is -2.24. The van der Waals surface area contributed by atoms with Crippen molar-refractivity contribution < 1.29 is 13.6 Å². The molecular weight excluding hydrogens is 200 g/mol. The molecule has 0 spiro atoms. The maximum absolute atomic E-state index is 13.1. The van der Waals surface area contributed by atoms with Crippen LogP contribution in [0.1, 0.15) is 5.56 Å². The van der Waals surface area contributed by atoms with Crippen molar-refractivity contribution >= 4 is 23.2 Å². The number of alkyl halides is 2. The Hall–Kier alpha value is -1.16. The van der Waals surface area contributed by atoms with Gasteiger partial charge in [-0.1, -0.05) is 17.7 Å². The molecule has 0 unspecified atom stereocenters. The maximum Gasteiger partial charge on any atom is 0.353 e. The number of benzene rings is 1. The largest absolute Gasteiger partial charge is 0.353 e. The number of amides is 1. The molecule has 13 heavy (non-hydrogen) atoms. The summed E-state index contributed by atoms with van der Waals surface area (Å²) < 4.78 is 26.2. The fraction of sp³-hybridized carbons (Fsp3) is 0.125. The van der Waals surface area contributed by atoms with E-state index in [9.17, 15) is 13.6 Å². The van der Waals surface area contributed by atoms with Crippen LogP contribution in [0.3, 0.4) is 0 Å². The molecule has 1 N–H and O–H groups in total. The van der Waals surface area contributed by atoms with Crippen molar-refractivity contribution in [3.8, 4) is 0 Å². The van der Waals surface area contributed by atoms with Crippen molar-refractivity contribution in [2.24, 2.45) is 0 Å². The van der Waals surface area contributed by atoms with Gasteiger partial charge in [0, 0.05) is 0 Å². The molecule has 0 saturated heterocycles. The second-order valence-electron chi connectivity index (χ2n) is 2.69. The minimum atomic E-state index is -3.51. The van der Waals surface area contributed by atoms with Gasteiger partial charge in [0.05, 0.1) is 16.3 Å². The number of nitrogens with one attached hydrogen (secondary N) is 1. The predicted molar refractivity (Wildman–Crippen MR) is 44.0 cm³/mol.